The number of hydrogen-bond donors (Lipinski definition) is 1. The number of aryl methyl sites for hydroxylation is 1. The molecule has 0 bridgehead atoms. The van der Waals surface area contributed by atoms with Crippen LogP contribution in [0.15, 0.2) is 28.0 Å². The van der Waals surface area contributed by atoms with Gasteiger partial charge in [-0.15, -0.1) is 0 Å². The number of carbonyl (C=O) groups excluding carboxylic acids is 1. The number of nitrogens with zero attached hydrogens (tertiary/aromatic N) is 3. The van der Waals surface area contributed by atoms with E-state index in [1.165, 1.54) is 16.2 Å². The molecule has 1 unspecified atom stereocenters. The van der Waals surface area contributed by atoms with Crippen LogP contribution in [0.5, 0.6) is 0 Å². The maximum absolute atomic E-state index is 13.4. The molecule has 8 nitrogen and oxygen atoms in total. The molecule has 2 aromatic rings. The number of anilines is 1. The van der Waals surface area contributed by atoms with E-state index in [1.54, 1.807) is 17.2 Å². The molecule has 2 saturated heterocycles. The summed E-state index contributed by atoms with van der Waals surface area (Å²) >= 11 is 6.68. The average molecular weight is 503 g/mol. The molecule has 1 N–H and O–H groups in total. The third kappa shape index (κ3) is 5.68. The Labute approximate surface area is 208 Å². The Balaban J connectivity index is 1.63. The second-order valence-electron chi connectivity index (χ2n) is 8.74. The number of pyridine rings is 1. The molecule has 4 rings (SSSR count). The number of nitrogens with one attached hydrogen (secondary N) is 1. The molecule has 4 heterocycles. The van der Waals surface area contributed by atoms with Gasteiger partial charge >= 0.3 is 0 Å². The van der Waals surface area contributed by atoms with E-state index >= 15 is 0 Å². The second kappa shape index (κ2) is 11.0. The maximum atomic E-state index is 13.4. The molecule has 0 aromatic carbocycles. The fraction of sp³-hybridized carbons (Fsp3) is 0.500. The van der Waals surface area contributed by atoms with Gasteiger partial charge in [0.1, 0.15) is 15.8 Å². The van der Waals surface area contributed by atoms with Crippen molar-refractivity contribution >= 4 is 51.7 Å². The lowest BCUT2D eigenvalue weighted by molar-refractivity contribution is -0.123. The molecule has 10 heteroatoms. The normalized spacial score (nSPS) is 19.8. The van der Waals surface area contributed by atoms with Crippen molar-refractivity contribution in [1.29, 1.82) is 0 Å². The van der Waals surface area contributed by atoms with Crippen LogP contribution in [0, 0.1) is 6.92 Å². The summed E-state index contributed by atoms with van der Waals surface area (Å²) in [5, 5.41) is 3.27. The van der Waals surface area contributed by atoms with Crippen LogP contribution in [0.1, 0.15) is 44.2 Å². The lowest BCUT2D eigenvalue weighted by atomic mass is 10.2. The molecule has 0 saturated carbocycles. The Morgan fingerprint density at radius 3 is 2.94 bits per heavy atom. The van der Waals surface area contributed by atoms with Crippen LogP contribution in [-0.4, -0.2) is 63.0 Å². The minimum absolute atomic E-state index is 0.00284. The molecule has 1 amide bonds. The van der Waals surface area contributed by atoms with Gasteiger partial charge in [0.2, 0.25) is 0 Å². The summed E-state index contributed by atoms with van der Waals surface area (Å²) in [5.41, 5.74) is 1.58. The SMILES string of the molecule is Cc1ccc2nc(NCCCOC(C)C)c(C=C3SC(=S)N(CC4CCCO4)C3=O)c(=O)n2c1. The van der Waals surface area contributed by atoms with E-state index in [4.69, 9.17) is 21.7 Å². The molecule has 2 aromatic heterocycles. The Hall–Kier alpha value is -2.27. The fourth-order valence-electron chi connectivity index (χ4n) is 3.90. The van der Waals surface area contributed by atoms with E-state index in [2.05, 4.69) is 10.3 Å². The summed E-state index contributed by atoms with van der Waals surface area (Å²) in [6.07, 6.45) is 6.21. The Morgan fingerprint density at radius 1 is 1.38 bits per heavy atom. The smallest absolute Gasteiger partial charge is 0.267 e. The lowest BCUT2D eigenvalue weighted by Gasteiger charge is -2.18. The minimum Gasteiger partial charge on any atom is -0.379 e. The fourth-order valence-corrected chi connectivity index (χ4v) is 5.16. The van der Waals surface area contributed by atoms with Crippen molar-refractivity contribution in [2.24, 2.45) is 0 Å². The minimum atomic E-state index is -0.237. The Bertz CT molecular complexity index is 1170. The molecule has 0 aliphatic carbocycles. The Kier molecular flexibility index (Phi) is 8.02. The highest BCUT2D eigenvalue weighted by atomic mass is 32.2. The number of hydrogen-bond acceptors (Lipinski definition) is 8. The van der Waals surface area contributed by atoms with Gasteiger partial charge in [-0.25, -0.2) is 4.98 Å². The molecular formula is C24H30N4O4S2. The van der Waals surface area contributed by atoms with E-state index in [-0.39, 0.29) is 23.7 Å². The lowest BCUT2D eigenvalue weighted by Crippen LogP contribution is -2.35. The van der Waals surface area contributed by atoms with Crippen LogP contribution in [-0.2, 0) is 14.3 Å². The zero-order chi connectivity index (χ0) is 24.2. The number of rotatable bonds is 9. The first-order valence-electron chi connectivity index (χ1n) is 11.6. The molecule has 1 atom stereocenters. The van der Waals surface area contributed by atoms with Crippen LogP contribution in [0.2, 0.25) is 0 Å². The zero-order valence-electron chi connectivity index (χ0n) is 19.7. The highest BCUT2D eigenvalue weighted by Crippen LogP contribution is 2.34. The van der Waals surface area contributed by atoms with Crippen LogP contribution in [0.25, 0.3) is 11.7 Å². The molecule has 2 aliphatic heterocycles. The molecule has 34 heavy (non-hydrogen) atoms. The van der Waals surface area contributed by atoms with Crippen molar-refractivity contribution in [3.05, 3.63) is 44.7 Å². The van der Waals surface area contributed by atoms with Gasteiger partial charge in [0, 0.05) is 26.0 Å². The number of thioether (sulfide) groups is 1. The predicted octanol–water partition coefficient (Wildman–Crippen LogP) is 3.61. The summed E-state index contributed by atoms with van der Waals surface area (Å²) in [4.78, 5) is 33.3. The van der Waals surface area contributed by atoms with Gasteiger partial charge in [0.05, 0.1) is 29.2 Å². The van der Waals surface area contributed by atoms with Crippen molar-refractivity contribution in [2.45, 2.75) is 52.2 Å². The summed E-state index contributed by atoms with van der Waals surface area (Å²) in [5.74, 6) is 0.248. The zero-order valence-corrected chi connectivity index (χ0v) is 21.3. The van der Waals surface area contributed by atoms with Gasteiger partial charge in [-0.1, -0.05) is 30.0 Å². The van der Waals surface area contributed by atoms with E-state index < -0.39 is 0 Å². The van der Waals surface area contributed by atoms with Gasteiger partial charge in [-0.2, -0.15) is 0 Å². The van der Waals surface area contributed by atoms with Gasteiger partial charge < -0.3 is 14.8 Å². The highest BCUT2D eigenvalue weighted by Gasteiger charge is 2.35. The van der Waals surface area contributed by atoms with Crippen molar-refractivity contribution in [3.8, 4) is 0 Å². The largest absolute Gasteiger partial charge is 0.379 e. The summed E-state index contributed by atoms with van der Waals surface area (Å²) in [7, 11) is 0. The number of carbonyl (C=O) groups is 1. The standard InChI is InChI=1S/C24H30N4O4S2/c1-15(2)31-11-5-9-25-21-18(22(29)27-13-16(3)7-8-20(27)26-21)12-19-23(30)28(24(33)34-19)14-17-6-4-10-32-17/h7-8,12-13,15,17,25H,4-6,9-11,14H2,1-3H3. The number of fused-ring (bicyclic) bond motifs is 1. The van der Waals surface area contributed by atoms with Crippen LogP contribution in [0.3, 0.4) is 0 Å². The van der Waals surface area contributed by atoms with Crippen LogP contribution < -0.4 is 10.9 Å². The molecule has 0 radical (unpaired) electrons. The quantitative estimate of drug-likeness (QED) is 0.316. The third-order valence-electron chi connectivity index (χ3n) is 5.63. The first-order valence-corrected chi connectivity index (χ1v) is 12.8. The number of ether oxygens (including phenoxy) is 2. The van der Waals surface area contributed by atoms with E-state index in [0.29, 0.717) is 52.6 Å². The van der Waals surface area contributed by atoms with Gasteiger partial charge in [0.25, 0.3) is 11.5 Å². The monoisotopic (exact) mass is 502 g/mol. The first-order chi connectivity index (χ1) is 16.3. The number of thiocarbonyl (C=S) groups is 1. The third-order valence-corrected chi connectivity index (χ3v) is 7.01. The molecule has 0 spiro atoms. The highest BCUT2D eigenvalue weighted by molar-refractivity contribution is 8.26. The molecule has 2 aliphatic rings. The summed E-state index contributed by atoms with van der Waals surface area (Å²) < 4.78 is 13.3. The average Bonchev–Trinajstić information content (AvgIpc) is 3.40. The second-order valence-corrected chi connectivity index (χ2v) is 10.4. The van der Waals surface area contributed by atoms with Crippen molar-refractivity contribution in [1.82, 2.24) is 14.3 Å². The summed E-state index contributed by atoms with van der Waals surface area (Å²) in [6.45, 7) is 8.25. The predicted molar refractivity (Wildman–Crippen MR) is 139 cm³/mol. The van der Waals surface area contributed by atoms with E-state index in [0.717, 1.165) is 24.8 Å². The number of aromatic nitrogens is 2. The molecule has 2 fully saturated rings. The maximum Gasteiger partial charge on any atom is 0.267 e. The Morgan fingerprint density at radius 2 is 2.21 bits per heavy atom. The topological polar surface area (TPSA) is 85.2 Å². The van der Waals surface area contributed by atoms with Crippen molar-refractivity contribution in [2.75, 3.05) is 31.6 Å². The number of amides is 1. The van der Waals surface area contributed by atoms with E-state index in [9.17, 15) is 9.59 Å². The molecule has 182 valence electrons. The van der Waals surface area contributed by atoms with Crippen LogP contribution >= 0.6 is 24.0 Å². The van der Waals surface area contributed by atoms with Crippen LogP contribution in [0.4, 0.5) is 5.82 Å². The summed E-state index contributed by atoms with van der Waals surface area (Å²) in [6, 6.07) is 3.73. The van der Waals surface area contributed by atoms with Gasteiger partial charge in [-0.3, -0.25) is 18.9 Å². The van der Waals surface area contributed by atoms with E-state index in [1.807, 2.05) is 32.9 Å². The van der Waals surface area contributed by atoms with Gasteiger partial charge in [0.15, 0.2) is 0 Å². The van der Waals surface area contributed by atoms with Gasteiger partial charge in [-0.05, 0) is 57.7 Å². The molecular weight excluding hydrogens is 472 g/mol. The van der Waals surface area contributed by atoms with Crippen molar-refractivity contribution < 1.29 is 14.3 Å². The first kappa shape index (κ1) is 24.8. The van der Waals surface area contributed by atoms with Crippen molar-refractivity contribution in [3.63, 3.8) is 0 Å².